The van der Waals surface area contributed by atoms with Crippen LogP contribution >= 0.6 is 0 Å². The number of methoxy groups -OCH3 is 1. The smallest absolute Gasteiger partial charge is 0.338 e. The van der Waals surface area contributed by atoms with E-state index in [2.05, 4.69) is 17.9 Å². The molecular weight excluding hydrogens is 242 g/mol. The summed E-state index contributed by atoms with van der Waals surface area (Å²) in [5.74, 6) is -0.275. The monoisotopic (exact) mass is 263 g/mol. The lowest BCUT2D eigenvalue weighted by Gasteiger charge is -2.32. The van der Waals surface area contributed by atoms with Gasteiger partial charge in [-0.1, -0.05) is 12.1 Å². The molecule has 0 spiro atoms. The minimum Gasteiger partial charge on any atom is -0.465 e. The molecule has 0 saturated carbocycles. The van der Waals surface area contributed by atoms with Crippen molar-refractivity contribution in [1.82, 2.24) is 4.90 Å². The molecule has 1 fully saturated rings. The zero-order valence-electron chi connectivity index (χ0n) is 11.8. The summed E-state index contributed by atoms with van der Waals surface area (Å²) in [6, 6.07) is 6.29. The van der Waals surface area contributed by atoms with E-state index in [0.29, 0.717) is 11.6 Å². The third-order valence-corrected chi connectivity index (χ3v) is 3.73. The number of ether oxygens (including phenoxy) is 2. The van der Waals surface area contributed by atoms with Gasteiger partial charge >= 0.3 is 5.97 Å². The van der Waals surface area contributed by atoms with Crippen molar-refractivity contribution >= 4 is 5.97 Å². The standard InChI is InChI=1S/C15H21NO3/c1-11-10-13(4-5-14(11)15(17)18-3)12(2)16-6-8-19-9-7-16/h4-5,10,12H,6-9H2,1-3H3. The summed E-state index contributed by atoms with van der Waals surface area (Å²) in [6.07, 6.45) is 0. The number of hydrogen-bond donors (Lipinski definition) is 0. The molecule has 0 radical (unpaired) electrons. The molecule has 1 aliphatic heterocycles. The number of hydrogen-bond acceptors (Lipinski definition) is 4. The lowest BCUT2D eigenvalue weighted by molar-refractivity contribution is 0.0198. The first kappa shape index (κ1) is 14.0. The van der Waals surface area contributed by atoms with Crippen LogP contribution in [0.5, 0.6) is 0 Å². The molecule has 19 heavy (non-hydrogen) atoms. The Morgan fingerprint density at radius 1 is 1.37 bits per heavy atom. The summed E-state index contributed by atoms with van der Waals surface area (Å²) >= 11 is 0. The van der Waals surface area contributed by atoms with Crippen molar-refractivity contribution in [3.05, 3.63) is 34.9 Å². The van der Waals surface area contributed by atoms with Crippen molar-refractivity contribution in [2.75, 3.05) is 33.4 Å². The van der Waals surface area contributed by atoms with Gasteiger partial charge in [-0.05, 0) is 31.0 Å². The fraction of sp³-hybridized carbons (Fsp3) is 0.533. The molecule has 4 heteroatoms. The maximum Gasteiger partial charge on any atom is 0.338 e. The quantitative estimate of drug-likeness (QED) is 0.783. The molecule has 0 bridgehead atoms. The average Bonchev–Trinajstić information content (AvgIpc) is 2.46. The third-order valence-electron chi connectivity index (χ3n) is 3.73. The lowest BCUT2D eigenvalue weighted by atomic mass is 10.00. The van der Waals surface area contributed by atoms with Crippen LogP contribution in [0.25, 0.3) is 0 Å². The van der Waals surface area contributed by atoms with Gasteiger partial charge in [0.1, 0.15) is 0 Å². The average molecular weight is 263 g/mol. The van der Waals surface area contributed by atoms with E-state index in [4.69, 9.17) is 9.47 Å². The van der Waals surface area contributed by atoms with Crippen LogP contribution in [0.1, 0.15) is 34.5 Å². The summed E-state index contributed by atoms with van der Waals surface area (Å²) < 4.78 is 10.1. The van der Waals surface area contributed by atoms with Crippen molar-refractivity contribution in [2.45, 2.75) is 19.9 Å². The molecule has 104 valence electrons. The van der Waals surface area contributed by atoms with E-state index in [-0.39, 0.29) is 5.97 Å². The van der Waals surface area contributed by atoms with Gasteiger partial charge in [0.15, 0.2) is 0 Å². The molecule has 4 nitrogen and oxygen atoms in total. The predicted octanol–water partition coefficient (Wildman–Crippen LogP) is 2.17. The number of carbonyl (C=O) groups excluding carboxylic acids is 1. The van der Waals surface area contributed by atoms with Crippen molar-refractivity contribution in [2.24, 2.45) is 0 Å². The fourth-order valence-electron chi connectivity index (χ4n) is 2.46. The summed E-state index contributed by atoms with van der Waals surface area (Å²) in [6.45, 7) is 7.64. The van der Waals surface area contributed by atoms with Crippen LogP contribution in [0, 0.1) is 6.92 Å². The highest BCUT2D eigenvalue weighted by Crippen LogP contribution is 2.23. The molecule has 1 aromatic carbocycles. The first-order valence-electron chi connectivity index (χ1n) is 6.64. The third kappa shape index (κ3) is 3.14. The summed E-state index contributed by atoms with van der Waals surface area (Å²) in [4.78, 5) is 14.0. The van der Waals surface area contributed by atoms with Crippen molar-refractivity contribution in [1.29, 1.82) is 0 Å². The number of aryl methyl sites for hydroxylation is 1. The Balaban J connectivity index is 2.16. The zero-order chi connectivity index (χ0) is 13.8. The summed E-state index contributed by atoms with van der Waals surface area (Å²) in [7, 11) is 1.41. The van der Waals surface area contributed by atoms with Gasteiger partial charge < -0.3 is 9.47 Å². The molecule has 0 aromatic heterocycles. The predicted molar refractivity (Wildman–Crippen MR) is 73.3 cm³/mol. The SMILES string of the molecule is COC(=O)c1ccc(C(C)N2CCOCC2)cc1C. The molecular formula is C15H21NO3. The molecule has 1 atom stereocenters. The highest BCUT2D eigenvalue weighted by molar-refractivity contribution is 5.90. The van der Waals surface area contributed by atoms with Gasteiger partial charge in [-0.15, -0.1) is 0 Å². The molecule has 0 N–H and O–H groups in total. The van der Waals surface area contributed by atoms with E-state index in [1.165, 1.54) is 12.7 Å². The van der Waals surface area contributed by atoms with Crippen molar-refractivity contribution < 1.29 is 14.3 Å². The van der Waals surface area contributed by atoms with E-state index in [0.717, 1.165) is 31.9 Å². The molecule has 1 unspecified atom stereocenters. The van der Waals surface area contributed by atoms with Crippen LogP contribution in [0.3, 0.4) is 0 Å². The van der Waals surface area contributed by atoms with Gasteiger partial charge in [0.25, 0.3) is 0 Å². The van der Waals surface area contributed by atoms with Crippen LogP contribution in [0.2, 0.25) is 0 Å². The molecule has 1 aromatic rings. The highest BCUT2D eigenvalue weighted by atomic mass is 16.5. The van der Waals surface area contributed by atoms with Crippen LogP contribution in [-0.4, -0.2) is 44.3 Å². The van der Waals surface area contributed by atoms with Gasteiger partial charge in [0.2, 0.25) is 0 Å². The van der Waals surface area contributed by atoms with E-state index in [9.17, 15) is 4.79 Å². The van der Waals surface area contributed by atoms with Gasteiger partial charge in [-0.25, -0.2) is 4.79 Å². The molecule has 1 saturated heterocycles. The Bertz CT molecular complexity index is 453. The Morgan fingerprint density at radius 2 is 2.05 bits per heavy atom. The first-order valence-corrected chi connectivity index (χ1v) is 6.64. The topological polar surface area (TPSA) is 38.8 Å². The molecule has 0 amide bonds. The van der Waals surface area contributed by atoms with E-state index in [1.807, 2.05) is 19.1 Å². The molecule has 1 aliphatic rings. The largest absolute Gasteiger partial charge is 0.465 e. The number of morpholine rings is 1. The van der Waals surface area contributed by atoms with Crippen molar-refractivity contribution in [3.8, 4) is 0 Å². The maximum absolute atomic E-state index is 11.6. The number of rotatable bonds is 3. The minimum atomic E-state index is -0.275. The normalized spacial score (nSPS) is 18.1. The summed E-state index contributed by atoms with van der Waals surface area (Å²) in [5.41, 5.74) is 2.83. The lowest BCUT2D eigenvalue weighted by Crippen LogP contribution is -2.38. The Labute approximate surface area is 114 Å². The van der Waals surface area contributed by atoms with E-state index >= 15 is 0 Å². The van der Waals surface area contributed by atoms with Gasteiger partial charge in [0.05, 0.1) is 25.9 Å². The highest BCUT2D eigenvalue weighted by Gasteiger charge is 2.19. The summed E-state index contributed by atoms with van der Waals surface area (Å²) in [5, 5.41) is 0. The second-order valence-electron chi connectivity index (χ2n) is 4.89. The Kier molecular flexibility index (Phi) is 4.56. The Hall–Kier alpha value is -1.39. The zero-order valence-corrected chi connectivity index (χ0v) is 11.8. The minimum absolute atomic E-state index is 0.275. The second kappa shape index (κ2) is 6.17. The van der Waals surface area contributed by atoms with Gasteiger partial charge in [-0.3, -0.25) is 4.90 Å². The molecule has 0 aliphatic carbocycles. The Morgan fingerprint density at radius 3 is 2.63 bits per heavy atom. The molecule has 2 rings (SSSR count). The number of carbonyl (C=O) groups is 1. The van der Waals surface area contributed by atoms with Gasteiger partial charge in [0, 0.05) is 19.1 Å². The van der Waals surface area contributed by atoms with E-state index < -0.39 is 0 Å². The fourth-order valence-corrected chi connectivity index (χ4v) is 2.46. The van der Waals surface area contributed by atoms with Crippen molar-refractivity contribution in [3.63, 3.8) is 0 Å². The van der Waals surface area contributed by atoms with Crippen LogP contribution < -0.4 is 0 Å². The first-order chi connectivity index (χ1) is 9.13. The number of nitrogens with zero attached hydrogens (tertiary/aromatic N) is 1. The van der Waals surface area contributed by atoms with Crippen LogP contribution in [0.4, 0.5) is 0 Å². The maximum atomic E-state index is 11.6. The number of benzene rings is 1. The van der Waals surface area contributed by atoms with Gasteiger partial charge in [-0.2, -0.15) is 0 Å². The van der Waals surface area contributed by atoms with Crippen LogP contribution in [0.15, 0.2) is 18.2 Å². The number of esters is 1. The van der Waals surface area contributed by atoms with E-state index in [1.54, 1.807) is 0 Å². The molecule has 1 heterocycles. The van der Waals surface area contributed by atoms with Crippen LogP contribution in [-0.2, 0) is 9.47 Å². The second-order valence-corrected chi connectivity index (χ2v) is 4.89.